The third-order valence-electron chi connectivity index (χ3n) is 5.82. The second-order valence-electron chi connectivity index (χ2n) is 7.73. The normalized spacial score (nSPS) is 11.1. The molecule has 0 unspecified atom stereocenters. The third-order valence-corrected chi connectivity index (χ3v) is 5.82. The van der Waals surface area contributed by atoms with Gasteiger partial charge in [-0.15, -0.1) is 0 Å². The van der Waals surface area contributed by atoms with Crippen LogP contribution in [0.5, 0.6) is 0 Å². The second kappa shape index (κ2) is 6.86. The Morgan fingerprint density at radius 1 is 0.800 bits per heavy atom. The van der Waals surface area contributed by atoms with Crippen LogP contribution in [0.2, 0.25) is 0 Å². The van der Waals surface area contributed by atoms with Gasteiger partial charge in [0.25, 0.3) is 0 Å². The fourth-order valence-electron chi connectivity index (χ4n) is 4.39. The summed E-state index contributed by atoms with van der Waals surface area (Å²) < 4.78 is 8.58. The van der Waals surface area contributed by atoms with E-state index in [0.29, 0.717) is 11.1 Å². The number of pyridine rings is 1. The maximum atomic E-state index is 10.1. The van der Waals surface area contributed by atoms with Gasteiger partial charge >= 0.3 is 0 Å². The monoisotopic (exact) mass is 389 g/mol. The molecule has 0 atom stereocenters. The van der Waals surface area contributed by atoms with Crippen molar-refractivity contribution < 1.29 is 8.98 Å². The average Bonchev–Trinajstić information content (AvgIpc) is 3.12. The molecule has 0 N–H and O–H groups in total. The molecule has 0 saturated heterocycles. The molecule has 0 aliphatic heterocycles. The molecule has 0 fully saturated rings. The minimum Gasteiger partial charge on any atom is -0.454 e. The minimum absolute atomic E-state index is 0.591. The predicted molar refractivity (Wildman–Crippen MR) is 120 cm³/mol. The molecule has 0 bridgehead atoms. The van der Waals surface area contributed by atoms with Crippen LogP contribution in [-0.4, -0.2) is 0 Å². The number of nitrogens with zero attached hydrogens (tertiary/aromatic N) is 2. The largest absolute Gasteiger partial charge is 0.454 e. The Morgan fingerprint density at radius 3 is 2.30 bits per heavy atom. The van der Waals surface area contributed by atoms with E-state index in [-0.39, 0.29) is 0 Å². The van der Waals surface area contributed by atoms with E-state index in [4.69, 9.17) is 4.42 Å². The summed E-state index contributed by atoms with van der Waals surface area (Å²) in [6.07, 6.45) is 2.04. The predicted octanol–water partition coefficient (Wildman–Crippen LogP) is 6.23. The second-order valence-corrected chi connectivity index (χ2v) is 7.73. The number of rotatable bonds is 2. The van der Waals surface area contributed by atoms with Crippen LogP contribution in [0.25, 0.3) is 44.3 Å². The number of fused-ring (bicyclic) bond motifs is 3. The van der Waals surface area contributed by atoms with Gasteiger partial charge in [0.2, 0.25) is 5.69 Å². The zero-order valence-electron chi connectivity index (χ0n) is 17.2. The maximum absolute atomic E-state index is 10.1. The van der Waals surface area contributed by atoms with E-state index in [1.54, 1.807) is 0 Å². The van der Waals surface area contributed by atoms with Gasteiger partial charge in [-0.3, -0.25) is 0 Å². The smallest absolute Gasteiger partial charge is 0.216 e. The Hall–Kier alpha value is -3.90. The fourth-order valence-corrected chi connectivity index (χ4v) is 4.39. The molecular weight excluding hydrogens is 368 g/mol. The van der Waals surface area contributed by atoms with E-state index in [0.717, 1.165) is 49.9 Å². The zero-order valence-corrected chi connectivity index (χ0v) is 17.2. The Kier molecular flexibility index (Phi) is 4.15. The molecule has 2 heterocycles. The average molecular weight is 389 g/mol. The van der Waals surface area contributed by atoms with Crippen molar-refractivity contribution in [2.45, 2.75) is 13.8 Å². The molecule has 0 spiro atoms. The van der Waals surface area contributed by atoms with E-state index in [9.17, 15) is 5.26 Å². The summed E-state index contributed by atoms with van der Waals surface area (Å²) >= 11 is 0. The molecule has 30 heavy (non-hydrogen) atoms. The molecule has 0 radical (unpaired) electrons. The van der Waals surface area contributed by atoms with Crippen molar-refractivity contribution in [2.75, 3.05) is 0 Å². The van der Waals surface area contributed by atoms with Crippen molar-refractivity contribution in [2.24, 2.45) is 7.05 Å². The number of hydrogen-bond donors (Lipinski definition) is 0. The maximum Gasteiger partial charge on any atom is 0.216 e. The van der Waals surface area contributed by atoms with Crippen molar-refractivity contribution >= 4 is 21.9 Å². The molecule has 0 aliphatic carbocycles. The first-order valence-electron chi connectivity index (χ1n) is 10.00. The van der Waals surface area contributed by atoms with E-state index in [1.165, 1.54) is 0 Å². The highest BCUT2D eigenvalue weighted by Gasteiger charge is 2.23. The molecule has 0 amide bonds. The van der Waals surface area contributed by atoms with Crippen LogP contribution in [-0.2, 0) is 7.05 Å². The first-order chi connectivity index (χ1) is 14.6. The first-order valence-corrected chi connectivity index (χ1v) is 10.00. The van der Waals surface area contributed by atoms with Gasteiger partial charge in [-0.25, -0.2) is 4.57 Å². The molecule has 3 heteroatoms. The van der Waals surface area contributed by atoms with Gasteiger partial charge in [0.1, 0.15) is 24.3 Å². The molecule has 0 saturated carbocycles. The number of aryl methyl sites for hydroxylation is 3. The fraction of sp³-hybridized carbons (Fsp3) is 0.111. The Balaban J connectivity index is 1.92. The molecule has 2 aromatic heterocycles. The quantitative estimate of drug-likeness (QED) is 0.336. The van der Waals surface area contributed by atoms with Gasteiger partial charge in [0.05, 0.1) is 5.56 Å². The summed E-state index contributed by atoms with van der Waals surface area (Å²) in [5.41, 5.74) is 8.40. The lowest BCUT2D eigenvalue weighted by Crippen LogP contribution is -2.30. The van der Waals surface area contributed by atoms with Crippen molar-refractivity contribution in [3.05, 3.63) is 89.6 Å². The summed E-state index contributed by atoms with van der Waals surface area (Å²) in [6.45, 7) is 4.16. The summed E-state index contributed by atoms with van der Waals surface area (Å²) in [7, 11) is 2.04. The zero-order chi connectivity index (χ0) is 20.8. The van der Waals surface area contributed by atoms with Gasteiger partial charge in [-0.1, -0.05) is 42.5 Å². The molecule has 3 nitrogen and oxygen atoms in total. The van der Waals surface area contributed by atoms with Crippen LogP contribution in [0.1, 0.15) is 16.7 Å². The highest BCUT2D eigenvalue weighted by molar-refractivity contribution is 6.12. The Bertz CT molecular complexity index is 1470. The molecule has 5 rings (SSSR count). The first kappa shape index (κ1) is 18.1. The number of hydrogen-bond acceptors (Lipinski definition) is 2. The highest BCUT2D eigenvalue weighted by Crippen LogP contribution is 2.41. The standard InChI is InChI=1S/C27H21N2O/c1-17-12-13-20-21-15-18(2)24(19-9-5-4-6-10-19)22(16-28)26(21)30-27(20)25(17)23-11-7-8-14-29(23)3/h4-15H,1-3H3/q+1. The summed E-state index contributed by atoms with van der Waals surface area (Å²) in [4.78, 5) is 0. The van der Waals surface area contributed by atoms with E-state index in [2.05, 4.69) is 48.7 Å². The number of furan rings is 1. The molecule has 3 aromatic carbocycles. The number of benzene rings is 3. The Morgan fingerprint density at radius 2 is 1.57 bits per heavy atom. The lowest BCUT2D eigenvalue weighted by molar-refractivity contribution is -0.660. The van der Waals surface area contributed by atoms with Crippen LogP contribution in [0.3, 0.4) is 0 Å². The Labute approximate surface area is 175 Å². The van der Waals surface area contributed by atoms with Gasteiger partial charge in [0.15, 0.2) is 11.8 Å². The molecule has 144 valence electrons. The van der Waals surface area contributed by atoms with E-state index in [1.807, 2.05) is 55.7 Å². The summed E-state index contributed by atoms with van der Waals surface area (Å²) in [6, 6.07) is 25.0. The van der Waals surface area contributed by atoms with Crippen molar-refractivity contribution in [1.29, 1.82) is 5.26 Å². The summed E-state index contributed by atoms with van der Waals surface area (Å²) in [5.74, 6) is 0. The lowest BCUT2D eigenvalue weighted by Gasteiger charge is -2.09. The van der Waals surface area contributed by atoms with E-state index < -0.39 is 0 Å². The van der Waals surface area contributed by atoms with Gasteiger partial charge in [0, 0.05) is 28.5 Å². The topological polar surface area (TPSA) is 40.8 Å². The van der Waals surface area contributed by atoms with Crippen molar-refractivity contribution in [1.82, 2.24) is 0 Å². The van der Waals surface area contributed by atoms with Crippen LogP contribution in [0, 0.1) is 25.2 Å². The van der Waals surface area contributed by atoms with E-state index >= 15 is 0 Å². The van der Waals surface area contributed by atoms with Gasteiger partial charge < -0.3 is 4.42 Å². The highest BCUT2D eigenvalue weighted by atomic mass is 16.3. The lowest BCUT2D eigenvalue weighted by atomic mass is 9.92. The molecular formula is C27H21N2O+. The third kappa shape index (κ3) is 2.62. The van der Waals surface area contributed by atoms with Crippen LogP contribution < -0.4 is 4.57 Å². The van der Waals surface area contributed by atoms with Gasteiger partial charge in [-0.2, -0.15) is 5.26 Å². The van der Waals surface area contributed by atoms with Crippen LogP contribution >= 0.6 is 0 Å². The number of aromatic nitrogens is 1. The van der Waals surface area contributed by atoms with Crippen LogP contribution in [0.4, 0.5) is 0 Å². The minimum atomic E-state index is 0.591. The summed E-state index contributed by atoms with van der Waals surface area (Å²) in [5, 5.41) is 12.1. The van der Waals surface area contributed by atoms with Crippen molar-refractivity contribution in [3.8, 4) is 28.5 Å². The molecule has 5 aromatic rings. The van der Waals surface area contributed by atoms with Gasteiger partial charge in [-0.05, 0) is 42.7 Å². The SMILES string of the molecule is Cc1cc2c(oc3c(-c4cccc[n+]4C)c(C)ccc32)c(C#N)c1-c1ccccc1. The van der Waals surface area contributed by atoms with Crippen molar-refractivity contribution in [3.63, 3.8) is 0 Å². The number of nitriles is 1. The molecule has 0 aliphatic rings. The van der Waals surface area contributed by atoms with Crippen LogP contribution in [0.15, 0.2) is 77.3 Å².